The van der Waals surface area contributed by atoms with Crippen molar-refractivity contribution in [1.82, 2.24) is 19.6 Å². The first kappa shape index (κ1) is 36.0. The summed E-state index contributed by atoms with van der Waals surface area (Å²) in [5, 5.41) is 0. The van der Waals surface area contributed by atoms with Gasteiger partial charge in [0.05, 0.1) is 0 Å². The Hall–Kier alpha value is 1.00. The number of nitrogens with zero attached hydrogens (tertiary/aromatic N) is 4. The second-order valence-electron chi connectivity index (χ2n) is 6.63. The lowest BCUT2D eigenvalue weighted by molar-refractivity contribution is 0.271. The molecular weight excluding hydrogens is 390 g/mol. The predicted octanol–water partition coefficient (Wildman–Crippen LogP) is 3.22. The van der Waals surface area contributed by atoms with Crippen LogP contribution in [0.5, 0.6) is 0 Å². The molecule has 0 N–H and O–H groups in total. The fourth-order valence-corrected chi connectivity index (χ4v) is 2.30. The Morgan fingerprint density at radius 2 is 0.625 bits per heavy atom. The minimum absolute atomic E-state index is 0. The van der Waals surface area contributed by atoms with Gasteiger partial charge < -0.3 is 19.6 Å². The van der Waals surface area contributed by atoms with Gasteiger partial charge >= 0.3 is 0 Å². The molecule has 0 fully saturated rings. The van der Waals surface area contributed by atoms with Crippen LogP contribution in [-0.2, 0) is 0 Å². The highest BCUT2D eigenvalue weighted by molar-refractivity contribution is 5.86. The number of hydrogen-bond donors (Lipinski definition) is 0. The molecule has 0 unspecified atom stereocenters. The van der Waals surface area contributed by atoms with Gasteiger partial charge in [0.1, 0.15) is 0 Å². The molecule has 0 aromatic heterocycles. The number of halogens is 4. The van der Waals surface area contributed by atoms with E-state index in [2.05, 4.69) is 61.9 Å². The molecule has 4 nitrogen and oxygen atoms in total. The van der Waals surface area contributed by atoms with Crippen LogP contribution in [0.15, 0.2) is 0 Å². The van der Waals surface area contributed by atoms with E-state index in [0.717, 1.165) is 0 Å². The largest absolute Gasteiger partial charge is 0.309 e. The summed E-state index contributed by atoms with van der Waals surface area (Å²) in [6, 6.07) is 0. The van der Waals surface area contributed by atoms with Crippen LogP contribution in [-0.4, -0.2) is 101 Å². The molecule has 0 bridgehead atoms. The van der Waals surface area contributed by atoms with Gasteiger partial charge in [-0.2, -0.15) is 0 Å². The summed E-state index contributed by atoms with van der Waals surface area (Å²) >= 11 is 0. The summed E-state index contributed by atoms with van der Waals surface area (Å²) in [6.45, 7) is 7.30. The number of hydrogen-bond acceptors (Lipinski definition) is 4. The molecule has 24 heavy (non-hydrogen) atoms. The van der Waals surface area contributed by atoms with Gasteiger partial charge in [0.25, 0.3) is 0 Å². The van der Waals surface area contributed by atoms with Gasteiger partial charge in [0.2, 0.25) is 0 Å². The monoisotopic (exact) mass is 430 g/mol. The van der Waals surface area contributed by atoms with Crippen molar-refractivity contribution < 1.29 is 0 Å². The molecule has 8 heteroatoms. The minimum atomic E-state index is 0. The quantitative estimate of drug-likeness (QED) is 0.415. The van der Waals surface area contributed by atoms with Crippen molar-refractivity contribution in [3.63, 3.8) is 0 Å². The third kappa shape index (κ3) is 27.8. The van der Waals surface area contributed by atoms with E-state index >= 15 is 0 Å². The maximum absolute atomic E-state index is 2.47. The molecule has 0 rings (SSSR count). The van der Waals surface area contributed by atoms with Crippen LogP contribution in [0, 0.1) is 0 Å². The van der Waals surface area contributed by atoms with Crippen LogP contribution in [0.2, 0.25) is 0 Å². The lowest BCUT2D eigenvalue weighted by atomic mass is 10.2. The molecule has 0 atom stereocenters. The lowest BCUT2D eigenvalue weighted by Gasteiger charge is -2.20. The van der Waals surface area contributed by atoms with Crippen molar-refractivity contribution in [1.29, 1.82) is 0 Å². The zero-order chi connectivity index (χ0) is 15.4. The van der Waals surface area contributed by atoms with Crippen molar-refractivity contribution in [3.05, 3.63) is 0 Å². The fourth-order valence-electron chi connectivity index (χ4n) is 2.30. The molecule has 0 aliphatic heterocycles. The van der Waals surface area contributed by atoms with E-state index in [0.29, 0.717) is 0 Å². The van der Waals surface area contributed by atoms with Crippen molar-refractivity contribution >= 4 is 49.6 Å². The first-order valence-electron chi connectivity index (χ1n) is 8.08. The maximum Gasteiger partial charge on any atom is -0.000960 e. The molecule has 0 radical (unpaired) electrons. The van der Waals surface area contributed by atoms with Gasteiger partial charge in [-0.3, -0.25) is 0 Å². The smallest absolute Gasteiger partial charge is 0.000960 e. The fraction of sp³-hybridized carbons (Fsp3) is 1.00. The third-order valence-electron chi connectivity index (χ3n) is 3.62. The Labute approximate surface area is 176 Å². The second-order valence-corrected chi connectivity index (χ2v) is 6.63. The second kappa shape index (κ2) is 24.0. The first-order chi connectivity index (χ1) is 9.41. The Kier molecular flexibility index (Phi) is 36.0. The van der Waals surface area contributed by atoms with E-state index in [1.807, 2.05) is 0 Å². The normalized spacial score (nSPS) is 10.2. The molecule has 0 saturated carbocycles. The van der Waals surface area contributed by atoms with Crippen LogP contribution in [0.25, 0.3) is 0 Å². The Morgan fingerprint density at radius 3 is 0.875 bits per heavy atom. The van der Waals surface area contributed by atoms with Crippen molar-refractivity contribution in [2.24, 2.45) is 0 Å². The van der Waals surface area contributed by atoms with Crippen molar-refractivity contribution in [2.75, 3.05) is 81.6 Å². The Bertz CT molecular complexity index is 200. The third-order valence-corrected chi connectivity index (χ3v) is 3.62. The van der Waals surface area contributed by atoms with Crippen LogP contribution in [0.1, 0.15) is 25.7 Å². The SMILES string of the molecule is CN(C)CCCN(C)CCCCN(C)CCCN(C)C.Cl.Cl.Cl.Cl. The van der Waals surface area contributed by atoms with Crippen LogP contribution < -0.4 is 0 Å². The van der Waals surface area contributed by atoms with Gasteiger partial charge in [-0.25, -0.2) is 0 Å². The lowest BCUT2D eigenvalue weighted by Crippen LogP contribution is -2.27. The Morgan fingerprint density at radius 1 is 0.375 bits per heavy atom. The number of unbranched alkanes of at least 4 members (excludes halogenated alkanes) is 1. The zero-order valence-electron chi connectivity index (χ0n) is 16.5. The molecule has 0 spiro atoms. The molecule has 154 valence electrons. The molecule has 0 aromatic rings. The highest BCUT2D eigenvalue weighted by Gasteiger charge is 2.01. The molecule has 0 heterocycles. The predicted molar refractivity (Wildman–Crippen MR) is 120 cm³/mol. The van der Waals surface area contributed by atoms with E-state index < -0.39 is 0 Å². The average Bonchev–Trinajstić information content (AvgIpc) is 2.33. The highest BCUT2D eigenvalue weighted by Crippen LogP contribution is 1.98. The van der Waals surface area contributed by atoms with E-state index in [1.165, 1.54) is 65.0 Å². The summed E-state index contributed by atoms with van der Waals surface area (Å²) in [4.78, 5) is 9.46. The highest BCUT2D eigenvalue weighted by atomic mass is 35.5. The summed E-state index contributed by atoms with van der Waals surface area (Å²) < 4.78 is 0. The van der Waals surface area contributed by atoms with E-state index in [-0.39, 0.29) is 49.6 Å². The number of rotatable bonds is 13. The first-order valence-corrected chi connectivity index (χ1v) is 8.08. The zero-order valence-corrected chi connectivity index (χ0v) is 19.8. The summed E-state index contributed by atoms with van der Waals surface area (Å²) in [5.41, 5.74) is 0. The van der Waals surface area contributed by atoms with Crippen LogP contribution in [0.3, 0.4) is 0 Å². The minimum Gasteiger partial charge on any atom is -0.309 e. The maximum atomic E-state index is 2.47. The van der Waals surface area contributed by atoms with E-state index in [4.69, 9.17) is 0 Å². The van der Waals surface area contributed by atoms with E-state index in [1.54, 1.807) is 0 Å². The van der Waals surface area contributed by atoms with Crippen molar-refractivity contribution in [3.8, 4) is 0 Å². The molecule has 0 saturated heterocycles. The Balaban J connectivity index is -0.000000301. The van der Waals surface area contributed by atoms with Gasteiger partial charge in [-0.1, -0.05) is 0 Å². The van der Waals surface area contributed by atoms with Gasteiger partial charge in [0, 0.05) is 0 Å². The standard InChI is InChI=1S/C16H38N4.4ClH/c1-17(2)11-9-15-19(5)13-7-8-14-20(6)16-10-12-18(3)4;;;;/h7-16H2,1-6H3;4*1H. The van der Waals surface area contributed by atoms with Crippen molar-refractivity contribution in [2.45, 2.75) is 25.7 Å². The van der Waals surface area contributed by atoms with Gasteiger partial charge in [0.15, 0.2) is 0 Å². The average molecular weight is 432 g/mol. The summed E-state index contributed by atoms with van der Waals surface area (Å²) in [6.07, 6.45) is 5.18. The molecule has 0 aliphatic carbocycles. The van der Waals surface area contributed by atoms with Gasteiger partial charge in [-0.15, -0.1) is 49.6 Å². The van der Waals surface area contributed by atoms with Gasteiger partial charge in [-0.05, 0) is 107 Å². The van der Waals surface area contributed by atoms with E-state index in [9.17, 15) is 0 Å². The van der Waals surface area contributed by atoms with Crippen LogP contribution >= 0.6 is 49.6 Å². The molecule has 0 amide bonds. The van der Waals surface area contributed by atoms with Crippen LogP contribution in [0.4, 0.5) is 0 Å². The summed E-state index contributed by atoms with van der Waals surface area (Å²) in [5.74, 6) is 0. The molecular formula is C16H42Cl4N4. The summed E-state index contributed by atoms with van der Waals surface area (Å²) in [7, 11) is 13.1. The molecule has 0 aliphatic rings. The topological polar surface area (TPSA) is 13.0 Å². The molecule has 0 aromatic carbocycles.